The summed E-state index contributed by atoms with van der Waals surface area (Å²) in [5.41, 5.74) is 1.97. The Bertz CT molecular complexity index is 1090. The first-order valence-corrected chi connectivity index (χ1v) is 12.7. The van der Waals surface area contributed by atoms with Gasteiger partial charge in [0.25, 0.3) is 0 Å². The Labute approximate surface area is 209 Å². The molecule has 4 N–H and O–H groups in total. The Morgan fingerprint density at radius 2 is 1.72 bits per heavy atom. The second-order valence-corrected chi connectivity index (χ2v) is 9.85. The number of amides is 3. The quantitative estimate of drug-likeness (QED) is 0.476. The number of nitrogens with one attached hydrogen (secondary N) is 3. The fraction of sp³-hybridized carbons (Fsp3) is 0.481. The van der Waals surface area contributed by atoms with E-state index in [1.54, 1.807) is 12.1 Å². The van der Waals surface area contributed by atoms with E-state index in [1.165, 1.54) is 30.7 Å². The number of ether oxygens (including phenoxy) is 2. The molecule has 5 rings (SSSR count). The van der Waals surface area contributed by atoms with E-state index in [9.17, 15) is 19.1 Å². The second-order valence-electron chi connectivity index (χ2n) is 9.85. The van der Waals surface area contributed by atoms with Crippen molar-refractivity contribution in [1.29, 1.82) is 0 Å². The molecule has 2 aromatic carbocycles. The molecule has 0 spiro atoms. The average molecular weight is 498 g/mol. The van der Waals surface area contributed by atoms with Crippen LogP contribution in [0.25, 0.3) is 0 Å². The highest BCUT2D eigenvalue weighted by atomic mass is 19.1. The number of benzene rings is 2. The zero-order chi connectivity index (χ0) is 25.1. The predicted octanol–water partition coefficient (Wildman–Crippen LogP) is 4.30. The summed E-state index contributed by atoms with van der Waals surface area (Å²) in [7, 11) is 0. The SMILES string of the molecule is O=C(C[C@H]1C[C@H]2c3cc(NC(=O)Nc4ccc(F)cc4)ccc3O[C@H]2[C@H](CO)O1)NC1CCCCC1. The molecular weight excluding hydrogens is 465 g/mol. The molecule has 0 unspecified atom stereocenters. The molecule has 1 saturated carbocycles. The summed E-state index contributed by atoms with van der Waals surface area (Å²) < 4.78 is 25.3. The predicted molar refractivity (Wildman–Crippen MR) is 133 cm³/mol. The van der Waals surface area contributed by atoms with Crippen molar-refractivity contribution in [2.24, 2.45) is 0 Å². The smallest absolute Gasteiger partial charge is 0.323 e. The fourth-order valence-electron chi connectivity index (χ4n) is 5.53. The van der Waals surface area contributed by atoms with Crippen LogP contribution >= 0.6 is 0 Å². The van der Waals surface area contributed by atoms with Crippen LogP contribution in [0.3, 0.4) is 0 Å². The highest BCUT2D eigenvalue weighted by Gasteiger charge is 2.46. The summed E-state index contributed by atoms with van der Waals surface area (Å²) >= 11 is 0. The van der Waals surface area contributed by atoms with Crippen LogP contribution in [0, 0.1) is 5.82 Å². The van der Waals surface area contributed by atoms with Crippen molar-refractivity contribution in [3.8, 4) is 5.75 Å². The number of urea groups is 1. The first kappa shape index (κ1) is 24.5. The van der Waals surface area contributed by atoms with E-state index in [2.05, 4.69) is 16.0 Å². The largest absolute Gasteiger partial charge is 0.487 e. The van der Waals surface area contributed by atoms with Gasteiger partial charge in [-0.25, -0.2) is 9.18 Å². The van der Waals surface area contributed by atoms with Crippen LogP contribution < -0.4 is 20.7 Å². The maximum absolute atomic E-state index is 13.1. The van der Waals surface area contributed by atoms with Crippen LogP contribution in [0.2, 0.25) is 0 Å². The summed E-state index contributed by atoms with van der Waals surface area (Å²) in [4.78, 5) is 25.1. The molecule has 2 heterocycles. The van der Waals surface area contributed by atoms with E-state index in [4.69, 9.17) is 9.47 Å². The van der Waals surface area contributed by atoms with Crippen molar-refractivity contribution < 1.29 is 28.6 Å². The Hall–Kier alpha value is -3.17. The molecule has 36 heavy (non-hydrogen) atoms. The molecule has 9 heteroatoms. The van der Waals surface area contributed by atoms with E-state index < -0.39 is 12.1 Å². The van der Waals surface area contributed by atoms with Crippen molar-refractivity contribution >= 4 is 23.3 Å². The third kappa shape index (κ3) is 5.63. The minimum absolute atomic E-state index is 0.0194. The molecular formula is C27H32FN3O5. The van der Waals surface area contributed by atoms with Gasteiger partial charge in [0, 0.05) is 28.9 Å². The van der Waals surface area contributed by atoms with Gasteiger partial charge in [-0.05, 0) is 61.7 Å². The maximum atomic E-state index is 13.1. The van der Waals surface area contributed by atoms with Crippen LogP contribution in [-0.4, -0.2) is 48.0 Å². The monoisotopic (exact) mass is 497 g/mol. The number of hydrogen-bond donors (Lipinski definition) is 4. The molecule has 3 aliphatic rings. The van der Waals surface area contributed by atoms with Gasteiger partial charge >= 0.3 is 6.03 Å². The molecule has 0 radical (unpaired) electrons. The number of hydrogen-bond acceptors (Lipinski definition) is 5. The van der Waals surface area contributed by atoms with Crippen LogP contribution in [0.15, 0.2) is 42.5 Å². The number of carbonyl (C=O) groups excluding carboxylic acids is 2. The molecule has 2 aromatic rings. The zero-order valence-electron chi connectivity index (χ0n) is 20.0. The van der Waals surface area contributed by atoms with Crippen LogP contribution in [0.5, 0.6) is 5.75 Å². The highest BCUT2D eigenvalue weighted by molar-refractivity contribution is 5.99. The van der Waals surface area contributed by atoms with Crippen LogP contribution in [-0.2, 0) is 9.53 Å². The molecule has 8 nitrogen and oxygen atoms in total. The van der Waals surface area contributed by atoms with Gasteiger partial charge in [-0.3, -0.25) is 4.79 Å². The third-order valence-electron chi connectivity index (χ3n) is 7.24. The van der Waals surface area contributed by atoms with Gasteiger partial charge in [-0.15, -0.1) is 0 Å². The van der Waals surface area contributed by atoms with Crippen LogP contribution in [0.4, 0.5) is 20.6 Å². The molecule has 2 fully saturated rings. The number of rotatable bonds is 6. The number of aliphatic hydroxyl groups excluding tert-OH is 1. The first-order chi connectivity index (χ1) is 17.5. The highest BCUT2D eigenvalue weighted by Crippen LogP contribution is 2.47. The lowest BCUT2D eigenvalue weighted by molar-refractivity contribution is -0.142. The van der Waals surface area contributed by atoms with E-state index in [0.29, 0.717) is 23.5 Å². The average Bonchev–Trinajstić information content (AvgIpc) is 3.23. The summed E-state index contributed by atoms with van der Waals surface area (Å²) in [6, 6.07) is 10.7. The fourth-order valence-corrected chi connectivity index (χ4v) is 5.53. The number of aliphatic hydroxyl groups is 1. The van der Waals surface area contributed by atoms with Gasteiger partial charge in [0.15, 0.2) is 0 Å². The lowest BCUT2D eigenvalue weighted by atomic mass is 9.84. The lowest BCUT2D eigenvalue weighted by Crippen LogP contribution is -2.48. The van der Waals surface area contributed by atoms with E-state index >= 15 is 0 Å². The zero-order valence-corrected chi connectivity index (χ0v) is 20.0. The minimum atomic E-state index is -0.540. The topological polar surface area (TPSA) is 109 Å². The number of fused-ring (bicyclic) bond motifs is 3. The molecule has 1 aliphatic carbocycles. The van der Waals surface area contributed by atoms with Gasteiger partial charge in [0.1, 0.15) is 23.8 Å². The summed E-state index contributed by atoms with van der Waals surface area (Å²) in [5.74, 6) is 0.217. The first-order valence-electron chi connectivity index (χ1n) is 12.7. The van der Waals surface area contributed by atoms with Crippen molar-refractivity contribution in [1.82, 2.24) is 5.32 Å². The molecule has 0 aromatic heterocycles. The van der Waals surface area contributed by atoms with Gasteiger partial charge in [0.2, 0.25) is 5.91 Å². The van der Waals surface area contributed by atoms with E-state index in [1.807, 2.05) is 6.07 Å². The Morgan fingerprint density at radius 3 is 2.47 bits per heavy atom. The Balaban J connectivity index is 1.24. The lowest BCUT2D eigenvalue weighted by Gasteiger charge is -2.37. The Kier molecular flexibility index (Phi) is 7.38. The summed E-state index contributed by atoms with van der Waals surface area (Å²) in [6.45, 7) is -0.207. The molecule has 4 atom stereocenters. The van der Waals surface area contributed by atoms with Gasteiger partial charge in [-0.1, -0.05) is 19.3 Å². The minimum Gasteiger partial charge on any atom is -0.487 e. The van der Waals surface area contributed by atoms with Gasteiger partial charge in [0.05, 0.1) is 19.1 Å². The second kappa shape index (κ2) is 10.8. The molecule has 3 amide bonds. The molecule has 0 bridgehead atoms. The van der Waals surface area contributed by atoms with Gasteiger partial charge in [-0.2, -0.15) is 0 Å². The Morgan fingerprint density at radius 1 is 1.00 bits per heavy atom. The van der Waals surface area contributed by atoms with E-state index in [-0.39, 0.29) is 48.9 Å². The summed E-state index contributed by atoms with van der Waals surface area (Å²) in [6.07, 6.45) is 5.15. The number of anilines is 2. The van der Waals surface area contributed by atoms with Crippen LogP contribution in [0.1, 0.15) is 56.4 Å². The van der Waals surface area contributed by atoms with Crippen molar-refractivity contribution in [3.63, 3.8) is 0 Å². The summed E-state index contributed by atoms with van der Waals surface area (Å²) in [5, 5.41) is 18.6. The van der Waals surface area contributed by atoms with Crippen molar-refractivity contribution in [2.45, 2.75) is 75.2 Å². The molecule has 192 valence electrons. The normalized spacial score (nSPS) is 25.3. The number of halogens is 1. The third-order valence-corrected chi connectivity index (χ3v) is 7.24. The van der Waals surface area contributed by atoms with E-state index in [0.717, 1.165) is 31.2 Å². The van der Waals surface area contributed by atoms with Crippen molar-refractivity contribution in [2.75, 3.05) is 17.2 Å². The van der Waals surface area contributed by atoms with Crippen molar-refractivity contribution in [3.05, 3.63) is 53.8 Å². The number of carbonyl (C=O) groups is 2. The maximum Gasteiger partial charge on any atom is 0.323 e. The molecule has 2 aliphatic heterocycles. The standard InChI is InChI=1S/C27H32FN3O5/c28-16-6-8-18(9-7-16)30-27(34)31-19-10-11-23-21(12-19)22-13-20(35-24(15-32)26(22)36-23)14-25(33)29-17-4-2-1-3-5-17/h6-12,17,20,22,24,26,32H,1-5,13-15H2,(H,29,33)(H2,30,31,34)/t20-,22+,24+,26-/m1/s1. The molecule has 1 saturated heterocycles. The van der Waals surface area contributed by atoms with Gasteiger partial charge < -0.3 is 30.5 Å².